The predicted octanol–water partition coefficient (Wildman–Crippen LogP) is 1.18. The zero-order chi connectivity index (χ0) is 10.8. The number of ether oxygens (including phenoxy) is 1. The first-order chi connectivity index (χ1) is 7.20. The average Bonchev–Trinajstić information content (AvgIpc) is 2.27. The van der Waals surface area contributed by atoms with Crippen molar-refractivity contribution in [2.75, 3.05) is 7.11 Å². The van der Waals surface area contributed by atoms with Crippen LogP contribution in [0.15, 0.2) is 18.2 Å². The first-order valence-corrected chi connectivity index (χ1v) is 5.10. The van der Waals surface area contributed by atoms with Crippen molar-refractivity contribution in [3.05, 3.63) is 34.9 Å². The summed E-state index contributed by atoms with van der Waals surface area (Å²) >= 11 is 0. The second-order valence-electron chi connectivity index (χ2n) is 3.93. The van der Waals surface area contributed by atoms with Gasteiger partial charge in [-0.3, -0.25) is 4.79 Å². The monoisotopic (exact) mass is 205 g/mol. The number of methoxy groups -OCH3 is 1. The van der Waals surface area contributed by atoms with Crippen LogP contribution in [0.1, 0.15) is 16.7 Å². The topological polar surface area (TPSA) is 38.3 Å². The smallest absolute Gasteiger partial charge is 0.323 e. The number of rotatable bonds is 1. The summed E-state index contributed by atoms with van der Waals surface area (Å²) in [5, 5.41) is 3.17. The highest BCUT2D eigenvalue weighted by molar-refractivity contribution is 5.76. The molecule has 0 saturated carbocycles. The third kappa shape index (κ3) is 2.02. The average molecular weight is 205 g/mol. The summed E-state index contributed by atoms with van der Waals surface area (Å²) in [6, 6.07) is 6.17. The minimum Gasteiger partial charge on any atom is -0.468 e. The molecule has 1 aliphatic heterocycles. The molecule has 15 heavy (non-hydrogen) atoms. The van der Waals surface area contributed by atoms with E-state index in [9.17, 15) is 4.79 Å². The first kappa shape index (κ1) is 10.2. The summed E-state index contributed by atoms with van der Waals surface area (Å²) in [6.45, 7) is 2.81. The highest BCUT2D eigenvalue weighted by Gasteiger charge is 2.24. The predicted molar refractivity (Wildman–Crippen MR) is 57.5 cm³/mol. The molecule has 0 bridgehead atoms. The number of hydrogen-bond donors (Lipinski definition) is 1. The molecular weight excluding hydrogens is 190 g/mol. The Morgan fingerprint density at radius 3 is 3.00 bits per heavy atom. The van der Waals surface area contributed by atoms with E-state index in [1.165, 1.54) is 23.8 Å². The van der Waals surface area contributed by atoms with Gasteiger partial charge in [0.1, 0.15) is 6.04 Å². The van der Waals surface area contributed by atoms with Gasteiger partial charge in [0.05, 0.1) is 7.11 Å². The molecule has 1 aromatic rings. The van der Waals surface area contributed by atoms with E-state index < -0.39 is 0 Å². The van der Waals surface area contributed by atoms with Crippen LogP contribution in [0.3, 0.4) is 0 Å². The van der Waals surface area contributed by atoms with E-state index in [1.807, 2.05) is 0 Å². The van der Waals surface area contributed by atoms with Gasteiger partial charge in [0.15, 0.2) is 0 Å². The summed E-state index contributed by atoms with van der Waals surface area (Å²) in [5.74, 6) is -0.179. The van der Waals surface area contributed by atoms with Crippen LogP contribution in [-0.4, -0.2) is 19.1 Å². The fraction of sp³-hybridized carbons (Fsp3) is 0.417. The number of esters is 1. The van der Waals surface area contributed by atoms with Crippen molar-refractivity contribution >= 4 is 5.97 Å². The lowest BCUT2D eigenvalue weighted by molar-refractivity contribution is -0.143. The Morgan fingerprint density at radius 1 is 1.47 bits per heavy atom. The molecule has 0 fully saturated rings. The van der Waals surface area contributed by atoms with Gasteiger partial charge in [-0.1, -0.05) is 23.8 Å². The van der Waals surface area contributed by atoms with E-state index in [1.54, 1.807) is 0 Å². The third-order valence-electron chi connectivity index (χ3n) is 2.81. The van der Waals surface area contributed by atoms with Crippen LogP contribution in [0.2, 0.25) is 0 Å². The van der Waals surface area contributed by atoms with Gasteiger partial charge in [-0.15, -0.1) is 0 Å². The molecule has 0 amide bonds. The SMILES string of the molecule is COC(=O)[C@H]1Cc2cc(C)ccc2CN1. The minimum atomic E-state index is -0.190. The van der Waals surface area contributed by atoms with Gasteiger partial charge < -0.3 is 10.1 Å². The summed E-state index contributed by atoms with van der Waals surface area (Å²) in [6.07, 6.45) is 0.726. The number of aryl methyl sites for hydroxylation is 1. The Bertz CT molecular complexity index is 387. The van der Waals surface area contributed by atoms with Crippen molar-refractivity contribution in [1.29, 1.82) is 0 Å². The maximum absolute atomic E-state index is 11.4. The molecule has 1 aromatic carbocycles. The van der Waals surface area contributed by atoms with Crippen LogP contribution in [0.5, 0.6) is 0 Å². The van der Waals surface area contributed by atoms with Gasteiger partial charge in [0, 0.05) is 6.54 Å². The quantitative estimate of drug-likeness (QED) is 0.700. The molecule has 0 spiro atoms. The number of benzene rings is 1. The number of hydrogen-bond acceptors (Lipinski definition) is 3. The van der Waals surface area contributed by atoms with Gasteiger partial charge in [0.25, 0.3) is 0 Å². The normalized spacial score (nSPS) is 19.5. The van der Waals surface area contributed by atoms with Crippen molar-refractivity contribution in [2.24, 2.45) is 0 Å². The largest absolute Gasteiger partial charge is 0.468 e. The maximum Gasteiger partial charge on any atom is 0.323 e. The Morgan fingerprint density at radius 2 is 2.27 bits per heavy atom. The Labute approximate surface area is 89.4 Å². The van der Waals surface area contributed by atoms with E-state index in [-0.39, 0.29) is 12.0 Å². The van der Waals surface area contributed by atoms with Gasteiger partial charge in [-0.05, 0) is 24.5 Å². The van der Waals surface area contributed by atoms with Gasteiger partial charge in [-0.25, -0.2) is 0 Å². The van der Waals surface area contributed by atoms with Gasteiger partial charge >= 0.3 is 5.97 Å². The molecular formula is C12H15NO2. The third-order valence-corrected chi connectivity index (χ3v) is 2.81. The number of fused-ring (bicyclic) bond motifs is 1. The van der Waals surface area contributed by atoms with Crippen LogP contribution >= 0.6 is 0 Å². The molecule has 3 nitrogen and oxygen atoms in total. The molecule has 80 valence electrons. The van der Waals surface area contributed by atoms with Crippen LogP contribution in [0, 0.1) is 6.92 Å². The maximum atomic E-state index is 11.4. The highest BCUT2D eigenvalue weighted by atomic mass is 16.5. The molecule has 0 unspecified atom stereocenters. The molecule has 1 atom stereocenters. The van der Waals surface area contributed by atoms with E-state index in [4.69, 9.17) is 4.74 Å². The zero-order valence-corrected chi connectivity index (χ0v) is 9.04. The molecule has 3 heteroatoms. The van der Waals surface area contributed by atoms with Crippen molar-refractivity contribution < 1.29 is 9.53 Å². The number of carbonyl (C=O) groups excluding carboxylic acids is 1. The van der Waals surface area contributed by atoms with Crippen LogP contribution in [0.4, 0.5) is 0 Å². The summed E-state index contributed by atoms with van der Waals surface area (Å²) < 4.78 is 4.73. The van der Waals surface area contributed by atoms with E-state index in [0.29, 0.717) is 0 Å². The summed E-state index contributed by atoms with van der Waals surface area (Å²) in [7, 11) is 1.43. The van der Waals surface area contributed by atoms with Gasteiger partial charge in [-0.2, -0.15) is 0 Å². The molecule has 0 radical (unpaired) electrons. The van der Waals surface area contributed by atoms with Gasteiger partial charge in [0.2, 0.25) is 0 Å². The van der Waals surface area contributed by atoms with E-state index in [2.05, 4.69) is 30.4 Å². The molecule has 2 rings (SSSR count). The molecule has 0 saturated heterocycles. The number of carbonyl (C=O) groups is 1. The summed E-state index contributed by atoms with van der Waals surface area (Å²) in [4.78, 5) is 11.4. The van der Waals surface area contributed by atoms with E-state index >= 15 is 0 Å². The Hall–Kier alpha value is -1.35. The van der Waals surface area contributed by atoms with Crippen molar-refractivity contribution in [3.63, 3.8) is 0 Å². The second kappa shape index (κ2) is 4.03. The van der Waals surface area contributed by atoms with Crippen molar-refractivity contribution in [3.8, 4) is 0 Å². The molecule has 1 N–H and O–H groups in total. The second-order valence-corrected chi connectivity index (χ2v) is 3.93. The molecule has 0 aromatic heterocycles. The van der Waals surface area contributed by atoms with Crippen LogP contribution in [0.25, 0.3) is 0 Å². The molecule has 1 aliphatic rings. The van der Waals surface area contributed by atoms with E-state index in [0.717, 1.165) is 13.0 Å². The summed E-state index contributed by atoms with van der Waals surface area (Å²) in [5.41, 5.74) is 3.77. The Kier molecular flexibility index (Phi) is 2.73. The minimum absolute atomic E-state index is 0.179. The standard InChI is InChI=1S/C12H15NO2/c1-8-3-4-9-7-13-11(12(14)15-2)6-10(9)5-8/h3-5,11,13H,6-7H2,1-2H3/t11-/m1/s1. The zero-order valence-electron chi connectivity index (χ0n) is 9.04. The lowest BCUT2D eigenvalue weighted by Gasteiger charge is -2.24. The lowest BCUT2D eigenvalue weighted by atomic mass is 9.94. The highest BCUT2D eigenvalue weighted by Crippen LogP contribution is 2.18. The number of nitrogens with one attached hydrogen (secondary N) is 1. The van der Waals surface area contributed by atoms with Crippen molar-refractivity contribution in [2.45, 2.75) is 25.9 Å². The Balaban J connectivity index is 2.22. The molecule has 1 heterocycles. The van der Waals surface area contributed by atoms with Crippen LogP contribution in [-0.2, 0) is 22.5 Å². The first-order valence-electron chi connectivity index (χ1n) is 5.10. The lowest BCUT2D eigenvalue weighted by Crippen LogP contribution is -2.42. The molecule has 0 aliphatic carbocycles. The fourth-order valence-corrected chi connectivity index (χ4v) is 1.95. The fourth-order valence-electron chi connectivity index (χ4n) is 1.95. The van der Waals surface area contributed by atoms with Crippen LogP contribution < -0.4 is 5.32 Å². The van der Waals surface area contributed by atoms with Crippen molar-refractivity contribution in [1.82, 2.24) is 5.32 Å².